The first-order chi connectivity index (χ1) is 7.96. The van der Waals surface area contributed by atoms with Gasteiger partial charge in [-0.1, -0.05) is 0 Å². The molecule has 0 aliphatic carbocycles. The number of nitrogens with zero attached hydrogens (tertiary/aromatic N) is 1. The maximum Gasteiger partial charge on any atom is 0.283 e. The van der Waals surface area contributed by atoms with Gasteiger partial charge in [0, 0.05) is 54.0 Å². The van der Waals surface area contributed by atoms with Gasteiger partial charge in [0.1, 0.15) is 5.88 Å². The molecular formula is C11H18N2NaO3S. The average molecular weight is 281 g/mol. The van der Waals surface area contributed by atoms with Crippen LogP contribution in [0.15, 0.2) is 24.3 Å². The molecule has 0 spiro atoms. The third-order valence-electron chi connectivity index (χ3n) is 2.45. The van der Waals surface area contributed by atoms with Crippen LogP contribution < -0.4 is 10.2 Å². The predicted octanol–water partition coefficient (Wildman–Crippen LogP) is 1.41. The summed E-state index contributed by atoms with van der Waals surface area (Å²) in [6.45, 7) is 6.00. The van der Waals surface area contributed by atoms with E-state index >= 15 is 0 Å². The van der Waals surface area contributed by atoms with Gasteiger partial charge in [-0.15, -0.1) is 0 Å². The van der Waals surface area contributed by atoms with Crippen molar-refractivity contribution >= 4 is 51.1 Å². The molecule has 0 heterocycles. The molecule has 0 saturated carbocycles. The second-order valence-electron chi connectivity index (χ2n) is 3.62. The van der Waals surface area contributed by atoms with Gasteiger partial charge in [0.25, 0.3) is 10.1 Å². The Bertz CT molecular complexity index is 444. The molecule has 2 N–H and O–H groups in total. The molecule has 0 aliphatic rings. The van der Waals surface area contributed by atoms with E-state index in [1.807, 2.05) is 12.1 Å². The van der Waals surface area contributed by atoms with Crippen LogP contribution in [0.2, 0.25) is 0 Å². The molecule has 0 unspecified atom stereocenters. The second-order valence-corrected chi connectivity index (χ2v) is 5.07. The summed E-state index contributed by atoms with van der Waals surface area (Å²) in [5, 5.41) is 2.63. The number of benzene rings is 1. The summed E-state index contributed by atoms with van der Waals surface area (Å²) in [4.78, 5) is 2.19. The fourth-order valence-corrected chi connectivity index (χ4v) is 1.90. The first-order valence-corrected chi connectivity index (χ1v) is 7.11. The van der Waals surface area contributed by atoms with Crippen molar-refractivity contribution in [1.82, 2.24) is 0 Å². The number of hydrogen-bond acceptors (Lipinski definition) is 4. The molecule has 7 heteroatoms. The molecule has 0 saturated heterocycles. The fraction of sp³-hybridized carbons (Fsp3) is 0.455. The topological polar surface area (TPSA) is 69.6 Å². The molecule has 1 rings (SSSR count). The molecule has 1 aromatic rings. The normalized spacial score (nSPS) is 10.6. The predicted molar refractivity (Wildman–Crippen MR) is 75.8 cm³/mol. The van der Waals surface area contributed by atoms with Crippen LogP contribution in [0.5, 0.6) is 0 Å². The standard InChI is InChI=1S/C11H18N2O3S.Na/c1-3-13(4-2)11-7-5-10(6-8-11)12-9-17(14,15)16;/h5-8,12H,3-4,9H2,1-2H3,(H,14,15,16);. The zero-order valence-corrected chi connectivity index (χ0v) is 13.9. The van der Waals surface area contributed by atoms with Crippen molar-refractivity contribution in [3.05, 3.63) is 24.3 Å². The Morgan fingerprint density at radius 1 is 1.17 bits per heavy atom. The molecule has 1 radical (unpaired) electrons. The summed E-state index contributed by atoms with van der Waals surface area (Å²) < 4.78 is 29.7. The van der Waals surface area contributed by atoms with Crippen molar-refractivity contribution in [2.24, 2.45) is 0 Å². The van der Waals surface area contributed by atoms with Gasteiger partial charge in [0.15, 0.2) is 0 Å². The zero-order valence-electron chi connectivity index (χ0n) is 11.0. The van der Waals surface area contributed by atoms with Crippen molar-refractivity contribution in [2.75, 3.05) is 29.2 Å². The minimum absolute atomic E-state index is 0. The van der Waals surface area contributed by atoms with E-state index in [0.29, 0.717) is 5.69 Å². The largest absolute Gasteiger partial charge is 0.372 e. The molecule has 0 bridgehead atoms. The number of hydrogen-bond donors (Lipinski definition) is 2. The van der Waals surface area contributed by atoms with Gasteiger partial charge in [0.2, 0.25) is 0 Å². The number of rotatable bonds is 6. The summed E-state index contributed by atoms with van der Waals surface area (Å²) >= 11 is 0. The molecule has 0 aliphatic heterocycles. The molecule has 0 aromatic heterocycles. The summed E-state index contributed by atoms with van der Waals surface area (Å²) in [6.07, 6.45) is 0. The number of nitrogens with one attached hydrogen (secondary N) is 1. The molecule has 97 valence electrons. The summed E-state index contributed by atoms with van der Waals surface area (Å²) in [7, 11) is -3.98. The van der Waals surface area contributed by atoms with E-state index in [2.05, 4.69) is 24.1 Å². The Morgan fingerprint density at radius 3 is 2.06 bits per heavy atom. The molecule has 18 heavy (non-hydrogen) atoms. The van der Waals surface area contributed by atoms with Crippen LogP contribution in [-0.2, 0) is 10.1 Å². The van der Waals surface area contributed by atoms with Crippen molar-refractivity contribution in [1.29, 1.82) is 0 Å². The van der Waals surface area contributed by atoms with Gasteiger partial charge in [-0.25, -0.2) is 0 Å². The molecule has 5 nitrogen and oxygen atoms in total. The first kappa shape index (κ1) is 17.7. The number of anilines is 2. The van der Waals surface area contributed by atoms with Crippen LogP contribution in [-0.4, -0.2) is 61.5 Å². The van der Waals surface area contributed by atoms with E-state index in [-0.39, 0.29) is 29.6 Å². The van der Waals surface area contributed by atoms with Crippen LogP contribution >= 0.6 is 0 Å². The van der Waals surface area contributed by atoms with Crippen LogP contribution in [0.3, 0.4) is 0 Å². The second kappa shape index (κ2) is 8.01. The van der Waals surface area contributed by atoms with E-state index in [9.17, 15) is 8.42 Å². The van der Waals surface area contributed by atoms with Gasteiger partial charge < -0.3 is 10.2 Å². The monoisotopic (exact) mass is 281 g/mol. The fourth-order valence-electron chi connectivity index (χ4n) is 1.55. The van der Waals surface area contributed by atoms with E-state index in [4.69, 9.17) is 4.55 Å². The Balaban J connectivity index is 0.00000289. The molecular weight excluding hydrogens is 263 g/mol. The Morgan fingerprint density at radius 2 is 1.67 bits per heavy atom. The van der Waals surface area contributed by atoms with Gasteiger partial charge >= 0.3 is 0 Å². The van der Waals surface area contributed by atoms with Crippen LogP contribution in [0.4, 0.5) is 11.4 Å². The SMILES string of the molecule is CCN(CC)c1ccc(NCS(=O)(=O)O)cc1.[Na]. The summed E-state index contributed by atoms with van der Waals surface area (Å²) in [5.74, 6) is -0.475. The maximum absolute atomic E-state index is 10.6. The first-order valence-electron chi connectivity index (χ1n) is 5.50. The molecule has 1 aromatic carbocycles. The Hall–Kier alpha value is -0.270. The van der Waals surface area contributed by atoms with Crippen molar-refractivity contribution < 1.29 is 13.0 Å². The average Bonchev–Trinajstić information content (AvgIpc) is 2.29. The maximum atomic E-state index is 10.6. The van der Waals surface area contributed by atoms with E-state index in [1.54, 1.807) is 12.1 Å². The van der Waals surface area contributed by atoms with Crippen LogP contribution in [0.1, 0.15) is 13.8 Å². The minimum Gasteiger partial charge on any atom is -0.372 e. The van der Waals surface area contributed by atoms with Gasteiger partial charge in [-0.2, -0.15) is 8.42 Å². The summed E-state index contributed by atoms with van der Waals surface area (Å²) in [5.41, 5.74) is 1.76. The summed E-state index contributed by atoms with van der Waals surface area (Å²) in [6, 6.07) is 7.41. The smallest absolute Gasteiger partial charge is 0.283 e. The molecule has 0 fully saturated rings. The van der Waals surface area contributed by atoms with Gasteiger partial charge in [0.05, 0.1) is 0 Å². The minimum atomic E-state index is -3.98. The van der Waals surface area contributed by atoms with Crippen molar-refractivity contribution in [2.45, 2.75) is 13.8 Å². The van der Waals surface area contributed by atoms with Gasteiger partial charge in [-0.3, -0.25) is 4.55 Å². The molecule has 0 atom stereocenters. The van der Waals surface area contributed by atoms with Crippen molar-refractivity contribution in [3.8, 4) is 0 Å². The van der Waals surface area contributed by atoms with E-state index in [0.717, 1.165) is 18.8 Å². The Labute approximate surface area is 131 Å². The van der Waals surface area contributed by atoms with E-state index in [1.165, 1.54) is 0 Å². The van der Waals surface area contributed by atoms with Crippen molar-refractivity contribution in [3.63, 3.8) is 0 Å². The quantitative estimate of drug-likeness (QED) is 0.609. The van der Waals surface area contributed by atoms with Crippen LogP contribution in [0, 0.1) is 0 Å². The van der Waals surface area contributed by atoms with Gasteiger partial charge in [-0.05, 0) is 38.1 Å². The van der Waals surface area contributed by atoms with Crippen LogP contribution in [0.25, 0.3) is 0 Å². The Kier molecular flexibility index (Phi) is 7.89. The third kappa shape index (κ3) is 6.06. The molecule has 0 amide bonds. The third-order valence-corrected chi connectivity index (χ3v) is 2.96. The zero-order chi connectivity index (χ0) is 12.9. The van der Waals surface area contributed by atoms with E-state index < -0.39 is 16.0 Å².